The summed E-state index contributed by atoms with van der Waals surface area (Å²) in [5.74, 6) is -1.17. The molecule has 2 aromatic rings. The van der Waals surface area contributed by atoms with Crippen molar-refractivity contribution in [1.82, 2.24) is 0 Å². The maximum Gasteiger partial charge on any atom is 0.328 e. The second-order valence-electron chi connectivity index (χ2n) is 7.07. The predicted molar refractivity (Wildman–Crippen MR) is 125 cm³/mol. The number of carboxylic acid groups (broad SMARTS) is 1. The van der Waals surface area contributed by atoms with Crippen LogP contribution in [0.3, 0.4) is 0 Å². The summed E-state index contributed by atoms with van der Waals surface area (Å²) in [7, 11) is 0. The molecular formula is C23H23Cl2NO4S. The van der Waals surface area contributed by atoms with Crippen LogP contribution in [0.5, 0.6) is 0 Å². The van der Waals surface area contributed by atoms with Gasteiger partial charge in [-0.15, -0.1) is 0 Å². The molecule has 8 heteroatoms. The summed E-state index contributed by atoms with van der Waals surface area (Å²) in [5, 5.41) is 9.50. The van der Waals surface area contributed by atoms with Crippen LogP contribution in [-0.2, 0) is 14.3 Å². The molecule has 1 saturated heterocycles. The fourth-order valence-electron chi connectivity index (χ4n) is 3.42. The van der Waals surface area contributed by atoms with Crippen molar-refractivity contribution in [2.75, 3.05) is 24.6 Å². The lowest BCUT2D eigenvalue weighted by Gasteiger charge is -2.32. The Labute approximate surface area is 196 Å². The molecule has 0 spiro atoms. The normalized spacial score (nSPS) is 14.7. The molecule has 5 nitrogen and oxygen atoms in total. The van der Waals surface area contributed by atoms with Gasteiger partial charge in [0.05, 0.1) is 22.6 Å². The molecule has 0 aliphatic carbocycles. The maximum atomic E-state index is 12.0. The highest BCUT2D eigenvalue weighted by Crippen LogP contribution is 2.40. The zero-order chi connectivity index (χ0) is 22.4. The van der Waals surface area contributed by atoms with Gasteiger partial charge in [0, 0.05) is 34.6 Å². The molecule has 2 aromatic carbocycles. The number of benzene rings is 2. The van der Waals surface area contributed by atoms with Gasteiger partial charge >= 0.3 is 11.9 Å². The monoisotopic (exact) mass is 479 g/mol. The van der Waals surface area contributed by atoms with E-state index in [0.717, 1.165) is 47.5 Å². The van der Waals surface area contributed by atoms with Crippen LogP contribution in [0.25, 0.3) is 6.08 Å². The zero-order valence-corrected chi connectivity index (χ0v) is 19.3. The number of piperidine rings is 1. The fourth-order valence-corrected chi connectivity index (χ4v) is 4.90. The molecule has 0 unspecified atom stereocenters. The van der Waals surface area contributed by atoms with E-state index in [2.05, 4.69) is 17.0 Å². The van der Waals surface area contributed by atoms with Gasteiger partial charge in [0.1, 0.15) is 0 Å². The highest BCUT2D eigenvalue weighted by Gasteiger charge is 2.26. The summed E-state index contributed by atoms with van der Waals surface area (Å²) in [6, 6.07) is 11.7. The Hall–Kier alpha value is -2.15. The summed E-state index contributed by atoms with van der Waals surface area (Å²) in [6.45, 7) is 3.85. The first-order chi connectivity index (χ1) is 14.9. The summed E-state index contributed by atoms with van der Waals surface area (Å²) in [6.07, 6.45) is 4.01. The van der Waals surface area contributed by atoms with Gasteiger partial charge in [0.15, 0.2) is 0 Å². The first-order valence-electron chi connectivity index (χ1n) is 9.97. The Bertz CT molecular complexity index is 988. The number of carbonyl (C=O) groups is 2. The molecule has 1 N–H and O–H groups in total. The predicted octanol–water partition coefficient (Wildman–Crippen LogP) is 6.02. The summed E-state index contributed by atoms with van der Waals surface area (Å²) >= 11 is 14.3. The van der Waals surface area contributed by atoms with Crippen molar-refractivity contribution in [2.24, 2.45) is 5.92 Å². The van der Waals surface area contributed by atoms with Crippen molar-refractivity contribution in [2.45, 2.75) is 29.6 Å². The third-order valence-electron chi connectivity index (χ3n) is 5.01. The number of carbonyl (C=O) groups excluding carboxylic acids is 1. The smallest absolute Gasteiger partial charge is 0.328 e. The zero-order valence-electron chi connectivity index (χ0n) is 17.0. The van der Waals surface area contributed by atoms with Crippen LogP contribution in [0, 0.1) is 5.92 Å². The Balaban J connectivity index is 1.70. The fraction of sp³-hybridized carbons (Fsp3) is 0.304. The van der Waals surface area contributed by atoms with E-state index in [-0.39, 0.29) is 11.9 Å². The third kappa shape index (κ3) is 6.19. The van der Waals surface area contributed by atoms with Gasteiger partial charge in [-0.05, 0) is 55.7 Å². The van der Waals surface area contributed by atoms with Crippen molar-refractivity contribution < 1.29 is 19.4 Å². The lowest BCUT2D eigenvalue weighted by Crippen LogP contribution is -2.36. The highest BCUT2D eigenvalue weighted by molar-refractivity contribution is 7.99. The van der Waals surface area contributed by atoms with E-state index < -0.39 is 5.97 Å². The van der Waals surface area contributed by atoms with Crippen molar-refractivity contribution >= 4 is 58.7 Å². The molecule has 164 valence electrons. The molecule has 1 fully saturated rings. The minimum Gasteiger partial charge on any atom is -0.478 e. The number of carboxylic acids is 1. The van der Waals surface area contributed by atoms with Crippen LogP contribution in [0.1, 0.15) is 25.3 Å². The molecule has 1 aliphatic rings. The van der Waals surface area contributed by atoms with Crippen LogP contribution in [0.2, 0.25) is 10.0 Å². The molecule has 3 rings (SSSR count). The standard InChI is InChI=1S/C23H23Cl2NO4S/c1-2-30-23(29)16-10-12-26(13-11-16)17-4-3-5-18(14-17)31-19-8-6-15(7-9-20(27)28)21(24)22(19)25/h3-9,14,16H,2,10-13H2,1H3,(H,27,28). The number of ether oxygens (including phenoxy) is 1. The first-order valence-corrected chi connectivity index (χ1v) is 11.5. The minimum atomic E-state index is -1.05. The average molecular weight is 480 g/mol. The summed E-state index contributed by atoms with van der Waals surface area (Å²) < 4.78 is 5.15. The van der Waals surface area contributed by atoms with Gasteiger partial charge in [0.25, 0.3) is 0 Å². The Morgan fingerprint density at radius 2 is 1.94 bits per heavy atom. The van der Waals surface area contributed by atoms with Crippen molar-refractivity contribution in [1.29, 1.82) is 0 Å². The number of anilines is 1. The molecule has 0 saturated carbocycles. The van der Waals surface area contributed by atoms with Crippen LogP contribution >= 0.6 is 35.0 Å². The second kappa shape index (κ2) is 10.9. The minimum absolute atomic E-state index is 0.0246. The SMILES string of the molecule is CCOC(=O)C1CCN(c2cccc(Sc3ccc(C=CC(=O)O)c(Cl)c3Cl)c2)CC1. The number of halogens is 2. The quantitative estimate of drug-likeness (QED) is 0.386. The van der Waals surface area contributed by atoms with Crippen molar-refractivity contribution in [3.05, 3.63) is 58.1 Å². The van der Waals surface area contributed by atoms with Gasteiger partial charge < -0.3 is 14.7 Å². The van der Waals surface area contributed by atoms with Crippen LogP contribution in [0.4, 0.5) is 5.69 Å². The van der Waals surface area contributed by atoms with E-state index in [1.165, 1.54) is 17.8 Å². The van der Waals surface area contributed by atoms with Crippen LogP contribution in [0.15, 0.2) is 52.3 Å². The Kier molecular flexibility index (Phi) is 8.29. The summed E-state index contributed by atoms with van der Waals surface area (Å²) in [4.78, 5) is 26.8. The maximum absolute atomic E-state index is 12.0. The largest absolute Gasteiger partial charge is 0.478 e. The number of hydrogen-bond acceptors (Lipinski definition) is 5. The molecule has 0 atom stereocenters. The van der Waals surface area contributed by atoms with E-state index in [9.17, 15) is 9.59 Å². The highest BCUT2D eigenvalue weighted by atomic mass is 35.5. The van der Waals surface area contributed by atoms with Crippen molar-refractivity contribution in [3.8, 4) is 0 Å². The number of rotatable bonds is 7. The lowest BCUT2D eigenvalue weighted by molar-refractivity contribution is -0.148. The molecule has 31 heavy (non-hydrogen) atoms. The molecular weight excluding hydrogens is 457 g/mol. The van der Waals surface area contributed by atoms with Gasteiger partial charge in [-0.2, -0.15) is 0 Å². The van der Waals surface area contributed by atoms with E-state index in [0.29, 0.717) is 22.2 Å². The molecule has 1 aliphatic heterocycles. The first kappa shape index (κ1) is 23.5. The average Bonchev–Trinajstić information content (AvgIpc) is 2.77. The van der Waals surface area contributed by atoms with Gasteiger partial charge in [-0.1, -0.05) is 47.1 Å². The van der Waals surface area contributed by atoms with Gasteiger partial charge in [-0.3, -0.25) is 4.79 Å². The number of nitrogens with zero attached hydrogens (tertiary/aromatic N) is 1. The number of esters is 1. The van der Waals surface area contributed by atoms with Gasteiger partial charge in [-0.25, -0.2) is 4.79 Å². The molecule has 0 radical (unpaired) electrons. The van der Waals surface area contributed by atoms with E-state index in [4.69, 9.17) is 33.0 Å². The molecule has 0 aromatic heterocycles. The number of aliphatic carboxylic acids is 1. The van der Waals surface area contributed by atoms with E-state index in [1.807, 2.05) is 25.1 Å². The Morgan fingerprint density at radius 3 is 2.61 bits per heavy atom. The Morgan fingerprint density at radius 1 is 1.19 bits per heavy atom. The second-order valence-corrected chi connectivity index (χ2v) is 8.94. The van der Waals surface area contributed by atoms with E-state index >= 15 is 0 Å². The topological polar surface area (TPSA) is 66.8 Å². The lowest BCUT2D eigenvalue weighted by atomic mass is 9.96. The van der Waals surface area contributed by atoms with E-state index in [1.54, 1.807) is 6.07 Å². The third-order valence-corrected chi connectivity index (χ3v) is 7.07. The van der Waals surface area contributed by atoms with Crippen LogP contribution in [-0.4, -0.2) is 36.7 Å². The summed E-state index contributed by atoms with van der Waals surface area (Å²) in [5.41, 5.74) is 1.65. The number of hydrogen-bond donors (Lipinski definition) is 1. The molecule has 1 heterocycles. The molecule has 0 bridgehead atoms. The van der Waals surface area contributed by atoms with Crippen LogP contribution < -0.4 is 4.90 Å². The van der Waals surface area contributed by atoms with Gasteiger partial charge in [0.2, 0.25) is 0 Å². The van der Waals surface area contributed by atoms with Crippen molar-refractivity contribution in [3.63, 3.8) is 0 Å². The molecule has 0 amide bonds.